The van der Waals surface area contributed by atoms with Gasteiger partial charge >= 0.3 is 0 Å². The Kier molecular flexibility index (Phi) is 3.64. The smallest absolute Gasteiger partial charge is 0.262 e. The molecule has 0 aliphatic rings. The van der Waals surface area contributed by atoms with Crippen LogP contribution in [0.15, 0.2) is 52.6 Å². The maximum absolute atomic E-state index is 11.7. The second kappa shape index (κ2) is 5.75. The largest absolute Gasteiger partial charge is 0.301 e. The van der Waals surface area contributed by atoms with E-state index in [4.69, 9.17) is 0 Å². The minimum atomic E-state index is -0.168. The van der Waals surface area contributed by atoms with Gasteiger partial charge in [0.25, 0.3) is 5.56 Å². The van der Waals surface area contributed by atoms with Gasteiger partial charge in [-0.3, -0.25) is 9.89 Å². The molecule has 2 aromatic heterocycles. The van der Waals surface area contributed by atoms with E-state index in [-0.39, 0.29) is 5.56 Å². The van der Waals surface area contributed by atoms with Crippen LogP contribution >= 0.6 is 11.8 Å². The molecule has 0 aliphatic heterocycles. The highest BCUT2D eigenvalue weighted by Gasteiger charge is 2.04. The molecular weight excluding hydrogens is 272 g/mol. The summed E-state index contributed by atoms with van der Waals surface area (Å²) in [6.07, 6.45) is 5.56. The number of thioether (sulfide) groups is 1. The second-order valence-corrected chi connectivity index (χ2v) is 5.14. The van der Waals surface area contributed by atoms with E-state index in [0.29, 0.717) is 16.2 Å². The van der Waals surface area contributed by atoms with Crippen molar-refractivity contribution in [3.05, 3.63) is 58.5 Å². The Balaban J connectivity index is 1.68. The Hall–Kier alpha value is -2.34. The van der Waals surface area contributed by atoms with E-state index in [1.165, 1.54) is 18.0 Å². The van der Waals surface area contributed by atoms with Crippen LogP contribution in [0.1, 0.15) is 5.56 Å². The van der Waals surface area contributed by atoms with E-state index in [9.17, 15) is 4.79 Å². The normalized spacial score (nSPS) is 11.4. The van der Waals surface area contributed by atoms with E-state index >= 15 is 0 Å². The number of hydrogen-bond donors (Lipinski definition) is 2. The topological polar surface area (TPSA) is 74.4 Å². The molecule has 0 radical (unpaired) electrons. The molecule has 100 valence electrons. The van der Waals surface area contributed by atoms with Gasteiger partial charge in [-0.25, -0.2) is 4.98 Å². The van der Waals surface area contributed by atoms with E-state index in [1.807, 2.05) is 42.5 Å². The van der Waals surface area contributed by atoms with Crippen LogP contribution in [0, 0.1) is 0 Å². The van der Waals surface area contributed by atoms with Crippen LogP contribution in [-0.2, 0) is 0 Å². The summed E-state index contributed by atoms with van der Waals surface area (Å²) in [4.78, 5) is 18.8. The van der Waals surface area contributed by atoms with Crippen LogP contribution in [0.25, 0.3) is 17.1 Å². The molecule has 2 heterocycles. The number of nitrogens with zero attached hydrogens (tertiary/aromatic N) is 2. The monoisotopic (exact) mass is 284 g/mol. The Morgan fingerprint density at radius 2 is 2.10 bits per heavy atom. The van der Waals surface area contributed by atoms with Gasteiger partial charge in [0, 0.05) is 5.75 Å². The van der Waals surface area contributed by atoms with Crippen molar-refractivity contribution >= 4 is 28.9 Å². The molecule has 20 heavy (non-hydrogen) atoms. The van der Waals surface area contributed by atoms with Crippen LogP contribution < -0.4 is 5.56 Å². The molecule has 5 nitrogen and oxygen atoms in total. The fourth-order valence-electron chi connectivity index (χ4n) is 1.77. The lowest BCUT2D eigenvalue weighted by atomic mass is 10.2. The molecule has 1 aromatic carbocycles. The van der Waals surface area contributed by atoms with Gasteiger partial charge in [0.1, 0.15) is 5.39 Å². The summed E-state index contributed by atoms with van der Waals surface area (Å²) in [5.74, 6) is 0.734. The zero-order valence-corrected chi connectivity index (χ0v) is 11.4. The van der Waals surface area contributed by atoms with Crippen molar-refractivity contribution in [1.29, 1.82) is 0 Å². The number of aromatic amines is 2. The van der Waals surface area contributed by atoms with Gasteiger partial charge in [0.15, 0.2) is 10.8 Å². The van der Waals surface area contributed by atoms with Crippen molar-refractivity contribution in [3.8, 4) is 0 Å². The third kappa shape index (κ3) is 2.80. The third-order valence-electron chi connectivity index (χ3n) is 2.72. The number of rotatable bonds is 4. The Bertz CT molecular complexity index is 792. The number of hydrogen-bond acceptors (Lipinski definition) is 4. The molecule has 0 aliphatic carbocycles. The van der Waals surface area contributed by atoms with E-state index < -0.39 is 0 Å². The zero-order valence-electron chi connectivity index (χ0n) is 10.5. The molecule has 0 spiro atoms. The van der Waals surface area contributed by atoms with Gasteiger partial charge < -0.3 is 4.98 Å². The van der Waals surface area contributed by atoms with Crippen molar-refractivity contribution in [2.45, 2.75) is 5.16 Å². The van der Waals surface area contributed by atoms with Crippen LogP contribution in [0.2, 0.25) is 0 Å². The van der Waals surface area contributed by atoms with Crippen molar-refractivity contribution in [3.63, 3.8) is 0 Å². The molecular formula is C14H12N4OS. The first kappa shape index (κ1) is 12.7. The predicted molar refractivity (Wildman–Crippen MR) is 80.7 cm³/mol. The van der Waals surface area contributed by atoms with Crippen molar-refractivity contribution in [2.24, 2.45) is 0 Å². The molecule has 0 amide bonds. The average Bonchev–Trinajstić information content (AvgIpc) is 2.94. The van der Waals surface area contributed by atoms with Gasteiger partial charge in [-0.2, -0.15) is 5.10 Å². The highest BCUT2D eigenvalue weighted by atomic mass is 32.2. The minimum absolute atomic E-state index is 0.168. The SMILES string of the molecule is O=c1[nH]c(SCC=Cc2ccccc2)nc2[nH]ncc12. The first-order chi connectivity index (χ1) is 9.83. The second-order valence-electron chi connectivity index (χ2n) is 4.13. The molecule has 3 rings (SSSR count). The molecule has 0 fully saturated rings. The summed E-state index contributed by atoms with van der Waals surface area (Å²) >= 11 is 1.47. The van der Waals surface area contributed by atoms with E-state index in [2.05, 4.69) is 20.2 Å². The summed E-state index contributed by atoms with van der Waals surface area (Å²) in [6, 6.07) is 10.1. The van der Waals surface area contributed by atoms with Gasteiger partial charge in [-0.15, -0.1) is 0 Å². The maximum atomic E-state index is 11.7. The van der Waals surface area contributed by atoms with Crippen molar-refractivity contribution in [1.82, 2.24) is 20.2 Å². The maximum Gasteiger partial charge on any atom is 0.262 e. The quantitative estimate of drug-likeness (QED) is 0.570. The minimum Gasteiger partial charge on any atom is -0.301 e. The number of fused-ring (bicyclic) bond motifs is 1. The van der Waals surface area contributed by atoms with Gasteiger partial charge in [-0.1, -0.05) is 54.2 Å². The number of aromatic nitrogens is 4. The fourth-order valence-corrected chi connectivity index (χ4v) is 2.44. The Morgan fingerprint density at radius 3 is 2.95 bits per heavy atom. The first-order valence-electron chi connectivity index (χ1n) is 6.11. The Morgan fingerprint density at radius 1 is 1.25 bits per heavy atom. The average molecular weight is 284 g/mol. The van der Waals surface area contributed by atoms with Gasteiger partial charge in [-0.05, 0) is 5.56 Å². The van der Waals surface area contributed by atoms with Crippen LogP contribution in [0.5, 0.6) is 0 Å². The van der Waals surface area contributed by atoms with Crippen LogP contribution in [0.4, 0.5) is 0 Å². The zero-order chi connectivity index (χ0) is 13.8. The molecule has 0 saturated carbocycles. The molecule has 3 aromatic rings. The summed E-state index contributed by atoms with van der Waals surface area (Å²) in [5, 5.41) is 7.58. The predicted octanol–water partition coefficient (Wildman–Crippen LogP) is 2.45. The standard InChI is InChI=1S/C14H12N4OS/c19-13-11-9-15-18-12(11)16-14(17-13)20-8-4-7-10-5-2-1-3-6-10/h1-7,9H,8H2,(H2,15,16,17,18,19). The molecule has 0 atom stereocenters. The van der Waals surface area contributed by atoms with Gasteiger partial charge in [0.2, 0.25) is 0 Å². The lowest BCUT2D eigenvalue weighted by Crippen LogP contribution is -2.08. The molecule has 0 unspecified atom stereocenters. The molecule has 6 heteroatoms. The highest BCUT2D eigenvalue weighted by Crippen LogP contribution is 2.14. The van der Waals surface area contributed by atoms with Crippen LogP contribution in [0.3, 0.4) is 0 Å². The molecule has 0 bridgehead atoms. The summed E-state index contributed by atoms with van der Waals surface area (Å²) in [5.41, 5.74) is 1.50. The third-order valence-corrected chi connectivity index (χ3v) is 3.55. The van der Waals surface area contributed by atoms with E-state index in [1.54, 1.807) is 0 Å². The lowest BCUT2D eigenvalue weighted by Gasteiger charge is -1.97. The fraction of sp³-hybridized carbons (Fsp3) is 0.0714. The molecule has 2 N–H and O–H groups in total. The molecule has 0 saturated heterocycles. The number of H-pyrrole nitrogens is 2. The van der Waals surface area contributed by atoms with E-state index in [0.717, 1.165) is 11.3 Å². The van der Waals surface area contributed by atoms with Crippen LogP contribution in [-0.4, -0.2) is 25.9 Å². The van der Waals surface area contributed by atoms with Crippen molar-refractivity contribution < 1.29 is 0 Å². The summed E-state index contributed by atoms with van der Waals surface area (Å²) < 4.78 is 0. The summed E-state index contributed by atoms with van der Waals surface area (Å²) in [7, 11) is 0. The number of nitrogens with one attached hydrogen (secondary N) is 2. The lowest BCUT2D eigenvalue weighted by molar-refractivity contribution is 0.960. The Labute approximate surface area is 119 Å². The summed E-state index contributed by atoms with van der Waals surface area (Å²) in [6.45, 7) is 0. The van der Waals surface area contributed by atoms with Crippen molar-refractivity contribution in [2.75, 3.05) is 5.75 Å². The first-order valence-corrected chi connectivity index (χ1v) is 7.09. The number of benzene rings is 1. The highest BCUT2D eigenvalue weighted by molar-refractivity contribution is 7.99. The van der Waals surface area contributed by atoms with Gasteiger partial charge in [0.05, 0.1) is 6.20 Å².